The van der Waals surface area contributed by atoms with Crippen LogP contribution in [0.15, 0.2) is 23.2 Å². The molecule has 0 aliphatic carbocycles. The van der Waals surface area contributed by atoms with Gasteiger partial charge in [-0.15, -0.1) is 0 Å². The molecule has 5 heterocycles. The van der Waals surface area contributed by atoms with Crippen LogP contribution in [0.25, 0.3) is 0 Å². The molecule has 0 N–H and O–H groups in total. The van der Waals surface area contributed by atoms with Gasteiger partial charge >= 0.3 is 17.9 Å². The smallest absolute Gasteiger partial charge is 0.347 e. The fourth-order valence-corrected chi connectivity index (χ4v) is 3.52. The third-order valence-corrected chi connectivity index (χ3v) is 6.44. The van der Waals surface area contributed by atoms with Crippen LogP contribution in [0.5, 0.6) is 0 Å². The summed E-state index contributed by atoms with van der Waals surface area (Å²) in [7, 11) is 0. The Hall–Kier alpha value is -3.65. The van der Waals surface area contributed by atoms with Gasteiger partial charge in [0.2, 0.25) is 0 Å². The molecule has 0 radical (unpaired) electrons. The van der Waals surface area contributed by atoms with Gasteiger partial charge in [-0.3, -0.25) is 14.4 Å². The van der Waals surface area contributed by atoms with Gasteiger partial charge in [0.15, 0.2) is 23.8 Å². The van der Waals surface area contributed by atoms with Gasteiger partial charge in [0, 0.05) is 26.1 Å². The lowest BCUT2D eigenvalue weighted by Gasteiger charge is -2.28. The number of cyclic esters (lactones) is 3. The maximum Gasteiger partial charge on any atom is 0.347 e. The van der Waals surface area contributed by atoms with Crippen molar-refractivity contribution in [3.05, 3.63) is 23.2 Å². The van der Waals surface area contributed by atoms with Crippen LogP contribution >= 0.6 is 0 Å². The van der Waals surface area contributed by atoms with E-state index in [0.717, 1.165) is 39.1 Å². The molecule has 5 aliphatic rings. The summed E-state index contributed by atoms with van der Waals surface area (Å²) in [5.74, 6) is -0.800. The standard InChI is InChI=1S/2C6H8O4.3C6H10O2/c2*1-3-5(7)10-4(2)6(8)9-3;3*1-5-6(7)3-2-4-8-5/h3,8H,1-2H3;3-4H,1-2H3;7H,2-4H2,1H3;2*5H,2-4H2,1H3/p-2/t;;;2*5-/m...10/s1. The first-order valence-corrected chi connectivity index (χ1v) is 14.6. The lowest BCUT2D eigenvalue weighted by molar-refractivity contribution is -0.370. The summed E-state index contributed by atoms with van der Waals surface area (Å²) in [6.45, 7) is 13.4. The normalized spacial score (nSPS) is 28.2. The number of ketones is 2. The van der Waals surface area contributed by atoms with Crippen LogP contribution in [0.1, 0.15) is 87.0 Å². The molecule has 14 heteroatoms. The minimum atomic E-state index is -0.767. The van der Waals surface area contributed by atoms with Crippen LogP contribution < -0.4 is 10.2 Å². The van der Waals surface area contributed by atoms with E-state index in [-0.39, 0.29) is 35.3 Å². The Bertz CT molecular complexity index is 1000. The summed E-state index contributed by atoms with van der Waals surface area (Å²) < 4.78 is 33.3. The number of carbonyl (C=O) groups excluding carboxylic acids is 5. The molecule has 0 aromatic rings. The molecule has 5 rings (SSSR count). The van der Waals surface area contributed by atoms with Gasteiger partial charge < -0.3 is 43.4 Å². The predicted molar refractivity (Wildman–Crippen MR) is 148 cm³/mol. The summed E-state index contributed by atoms with van der Waals surface area (Å²) in [5, 5.41) is 21.2. The van der Waals surface area contributed by atoms with E-state index in [2.05, 4.69) is 18.9 Å². The Labute approximate surface area is 257 Å². The molecule has 0 spiro atoms. The third-order valence-electron chi connectivity index (χ3n) is 6.44. The van der Waals surface area contributed by atoms with Gasteiger partial charge in [0.1, 0.15) is 24.1 Å². The quantitative estimate of drug-likeness (QED) is 0.274. The zero-order valence-electron chi connectivity index (χ0n) is 26.5. The molecule has 0 amide bonds. The minimum Gasteiger partial charge on any atom is -0.873 e. The minimum absolute atomic E-state index is 0.00287. The first kappa shape index (κ1) is 38.4. The molecule has 14 nitrogen and oxygen atoms in total. The largest absolute Gasteiger partial charge is 0.873 e. The monoisotopic (exact) mass is 628 g/mol. The SMILES string of the molecule is CC1=C([O-])CCCO1.CC1=C([O-])OC(C)C(=O)O1.CC1OC(=O)C(C)OC1=O.C[C@@H]1OCCCC1=O.C[C@H]1OCCCC1=O. The van der Waals surface area contributed by atoms with Crippen LogP contribution in [0.4, 0.5) is 0 Å². The summed E-state index contributed by atoms with van der Waals surface area (Å²) >= 11 is 0. The van der Waals surface area contributed by atoms with Crippen LogP contribution in [0.3, 0.4) is 0 Å². The third kappa shape index (κ3) is 14.2. The lowest BCUT2D eigenvalue weighted by atomic mass is 10.1. The first-order chi connectivity index (χ1) is 20.6. The first-order valence-electron chi connectivity index (χ1n) is 14.6. The average Bonchev–Trinajstić information content (AvgIpc) is 2.97. The van der Waals surface area contributed by atoms with E-state index in [9.17, 15) is 34.2 Å². The topological polar surface area (TPSA) is 196 Å². The van der Waals surface area contributed by atoms with E-state index in [4.69, 9.17) is 14.2 Å². The Balaban J connectivity index is 0.000000276. The Kier molecular flexibility index (Phi) is 17.1. The second-order valence-electron chi connectivity index (χ2n) is 10.3. The van der Waals surface area contributed by atoms with Crippen molar-refractivity contribution in [3.63, 3.8) is 0 Å². The highest BCUT2D eigenvalue weighted by atomic mass is 16.7. The summed E-state index contributed by atoms with van der Waals surface area (Å²) in [5.41, 5.74) is 0. The van der Waals surface area contributed by atoms with Gasteiger partial charge in [-0.25, -0.2) is 9.59 Å². The van der Waals surface area contributed by atoms with Gasteiger partial charge in [0.25, 0.3) is 0 Å². The number of ether oxygens (including phenoxy) is 7. The number of hydrogen-bond donors (Lipinski definition) is 0. The highest BCUT2D eigenvalue weighted by molar-refractivity contribution is 5.87. The van der Waals surface area contributed by atoms with Crippen molar-refractivity contribution in [2.24, 2.45) is 0 Å². The molecule has 3 saturated heterocycles. The van der Waals surface area contributed by atoms with E-state index >= 15 is 0 Å². The van der Waals surface area contributed by atoms with Gasteiger partial charge in [-0.05, 0) is 74.1 Å². The number of allylic oxidation sites excluding steroid dienone is 3. The van der Waals surface area contributed by atoms with Crippen LogP contribution in [-0.4, -0.2) is 79.8 Å². The molecule has 0 aromatic heterocycles. The molecular formula is C30H44O14-2. The molecule has 0 bridgehead atoms. The number of esters is 3. The predicted octanol–water partition coefficient (Wildman–Crippen LogP) is 1.26. The zero-order valence-corrected chi connectivity index (χ0v) is 26.5. The van der Waals surface area contributed by atoms with E-state index < -0.39 is 42.2 Å². The summed E-state index contributed by atoms with van der Waals surface area (Å²) in [6.07, 6.45) is 2.26. The molecule has 44 heavy (non-hydrogen) atoms. The second kappa shape index (κ2) is 19.6. The van der Waals surface area contributed by atoms with Crippen molar-refractivity contribution >= 4 is 29.5 Å². The fraction of sp³-hybridized carbons (Fsp3) is 0.700. The fourth-order valence-electron chi connectivity index (χ4n) is 3.52. The number of rotatable bonds is 0. The second-order valence-corrected chi connectivity index (χ2v) is 10.3. The summed E-state index contributed by atoms with van der Waals surface area (Å²) in [6, 6.07) is 0. The molecule has 3 fully saturated rings. The summed E-state index contributed by atoms with van der Waals surface area (Å²) in [4.78, 5) is 53.3. The van der Waals surface area contributed by atoms with E-state index in [0.29, 0.717) is 25.0 Å². The molecule has 5 aliphatic heterocycles. The lowest BCUT2D eigenvalue weighted by Crippen LogP contribution is -2.40. The number of carbonyl (C=O) groups is 5. The van der Waals surface area contributed by atoms with Crippen molar-refractivity contribution < 1.29 is 67.3 Å². The van der Waals surface area contributed by atoms with Crippen molar-refractivity contribution in [1.29, 1.82) is 0 Å². The zero-order chi connectivity index (χ0) is 33.4. The van der Waals surface area contributed by atoms with E-state index in [1.165, 1.54) is 27.7 Å². The molecule has 250 valence electrons. The van der Waals surface area contributed by atoms with Gasteiger partial charge in [-0.2, -0.15) is 0 Å². The van der Waals surface area contributed by atoms with Crippen LogP contribution in [0.2, 0.25) is 0 Å². The van der Waals surface area contributed by atoms with Crippen molar-refractivity contribution in [2.75, 3.05) is 19.8 Å². The Morgan fingerprint density at radius 3 is 1.30 bits per heavy atom. The number of hydrogen-bond acceptors (Lipinski definition) is 14. The molecule has 3 unspecified atom stereocenters. The molecule has 5 atom stereocenters. The average molecular weight is 629 g/mol. The highest BCUT2D eigenvalue weighted by Crippen LogP contribution is 2.14. The molecule has 0 aromatic carbocycles. The van der Waals surface area contributed by atoms with Gasteiger partial charge in [0.05, 0.1) is 18.3 Å². The van der Waals surface area contributed by atoms with Crippen molar-refractivity contribution in [1.82, 2.24) is 0 Å². The maximum atomic E-state index is 10.7. The van der Waals surface area contributed by atoms with Gasteiger partial charge in [-0.1, -0.05) is 5.76 Å². The molecular weight excluding hydrogens is 584 g/mol. The Morgan fingerprint density at radius 1 is 0.545 bits per heavy atom. The molecule has 0 saturated carbocycles. The maximum absolute atomic E-state index is 10.7. The van der Waals surface area contributed by atoms with E-state index in [1.807, 2.05) is 13.8 Å². The van der Waals surface area contributed by atoms with E-state index in [1.54, 1.807) is 6.92 Å². The highest BCUT2D eigenvalue weighted by Gasteiger charge is 2.32. The van der Waals surface area contributed by atoms with Crippen molar-refractivity contribution in [2.45, 2.75) is 118 Å². The number of Topliss-reactive ketones (excluding diaryl/α,β-unsaturated/α-hetero) is 2. The Morgan fingerprint density at radius 2 is 0.977 bits per heavy atom. The van der Waals surface area contributed by atoms with Crippen molar-refractivity contribution in [3.8, 4) is 0 Å². The van der Waals surface area contributed by atoms with Crippen LogP contribution in [-0.2, 0) is 57.1 Å². The van der Waals surface area contributed by atoms with Crippen LogP contribution in [0, 0.1) is 0 Å².